The van der Waals surface area contributed by atoms with Crippen LogP contribution >= 0.6 is 0 Å². The molecule has 0 aromatic heterocycles. The van der Waals surface area contributed by atoms with Gasteiger partial charge in [-0.1, -0.05) is 6.58 Å². The molecule has 0 aliphatic heterocycles. The molecule has 8 heteroatoms. The molecular weight excluding hydrogens is 242 g/mol. The Labute approximate surface area is 86.9 Å². The predicted octanol–water partition coefficient (Wildman–Crippen LogP) is 2.64. The third-order valence-electron chi connectivity index (χ3n) is 1.64. The first kappa shape index (κ1) is 14.8. The molecule has 0 saturated carbocycles. The third kappa shape index (κ3) is 3.74. The summed E-state index contributed by atoms with van der Waals surface area (Å²) in [7, 11) is 0.723. The second-order valence-corrected chi connectivity index (χ2v) is 2.88. The summed E-state index contributed by atoms with van der Waals surface area (Å²) in [5.74, 6) is -6.27. The molecule has 0 aliphatic carbocycles. The maximum Gasteiger partial charge on any atom is 0.392 e. The second kappa shape index (κ2) is 4.75. The van der Waals surface area contributed by atoms with Crippen LogP contribution in [0.3, 0.4) is 0 Å². The zero-order valence-electron chi connectivity index (χ0n) is 8.08. The fraction of sp³-hybridized carbons (Fsp3) is 0.625. The fourth-order valence-electron chi connectivity index (χ4n) is 0.780. The van der Waals surface area contributed by atoms with E-state index in [4.69, 9.17) is 0 Å². The van der Waals surface area contributed by atoms with Crippen molar-refractivity contribution in [1.82, 2.24) is 0 Å². The summed E-state index contributed by atoms with van der Waals surface area (Å²) in [6.45, 7) is 2.52. The third-order valence-corrected chi connectivity index (χ3v) is 1.64. The topological polar surface area (TPSA) is 26.3 Å². The van der Waals surface area contributed by atoms with Crippen LogP contribution < -0.4 is 0 Å². The van der Waals surface area contributed by atoms with Crippen molar-refractivity contribution in [1.29, 1.82) is 0 Å². The molecule has 0 rings (SSSR count). The Morgan fingerprint density at radius 3 is 2.06 bits per heavy atom. The molecule has 94 valence electrons. The zero-order chi connectivity index (χ0) is 13.1. The highest BCUT2D eigenvalue weighted by atomic mass is 19.4. The van der Waals surface area contributed by atoms with Gasteiger partial charge in [0.15, 0.2) is 6.17 Å². The molecule has 1 unspecified atom stereocenters. The smallest absolute Gasteiger partial charge is 0.392 e. The van der Waals surface area contributed by atoms with Gasteiger partial charge in [0, 0.05) is 0 Å². The van der Waals surface area contributed by atoms with Crippen LogP contribution in [0.2, 0.25) is 0 Å². The predicted molar refractivity (Wildman–Crippen MR) is 41.7 cm³/mol. The van der Waals surface area contributed by atoms with Crippen LogP contribution in [0, 0.1) is 0 Å². The van der Waals surface area contributed by atoms with E-state index in [0.717, 1.165) is 7.11 Å². The number of carbonyl (C=O) groups excluding carboxylic acids is 1. The van der Waals surface area contributed by atoms with E-state index < -0.39 is 36.2 Å². The van der Waals surface area contributed by atoms with E-state index in [2.05, 4.69) is 11.3 Å². The van der Waals surface area contributed by atoms with Crippen LogP contribution in [0.5, 0.6) is 0 Å². The number of carbonyl (C=O) groups is 1. The van der Waals surface area contributed by atoms with Gasteiger partial charge in [-0.15, -0.1) is 0 Å². The maximum absolute atomic E-state index is 12.9. The quantitative estimate of drug-likeness (QED) is 0.435. The molecule has 0 heterocycles. The Morgan fingerprint density at radius 2 is 1.75 bits per heavy atom. The Balaban J connectivity index is 4.78. The average molecular weight is 250 g/mol. The average Bonchev–Trinajstić information content (AvgIpc) is 2.12. The summed E-state index contributed by atoms with van der Waals surface area (Å²) in [5.41, 5.74) is -1.65. The fourth-order valence-corrected chi connectivity index (χ4v) is 0.780. The van der Waals surface area contributed by atoms with Gasteiger partial charge in [-0.2, -0.15) is 22.0 Å². The Hall–Kier alpha value is -1.21. The van der Waals surface area contributed by atoms with Gasteiger partial charge in [-0.05, 0) is 0 Å². The molecule has 16 heavy (non-hydrogen) atoms. The summed E-state index contributed by atoms with van der Waals surface area (Å²) in [6.07, 6.45) is -11.0. The minimum Gasteiger partial charge on any atom is -0.466 e. The molecule has 0 radical (unpaired) electrons. The molecule has 0 N–H and O–H groups in total. The van der Waals surface area contributed by atoms with Crippen molar-refractivity contribution >= 4 is 5.97 Å². The normalized spacial score (nSPS) is 14.4. The first-order valence-corrected chi connectivity index (χ1v) is 3.88. The molecule has 1 atom stereocenters. The number of halogens is 6. The zero-order valence-corrected chi connectivity index (χ0v) is 8.08. The van der Waals surface area contributed by atoms with Crippen LogP contribution in [-0.4, -0.2) is 31.3 Å². The SMILES string of the molecule is C=C(C(=O)OC)C(F)(F)C(F)CC(F)(F)F. The summed E-state index contributed by atoms with van der Waals surface area (Å²) < 4.78 is 77.3. The van der Waals surface area contributed by atoms with Gasteiger partial charge in [-0.3, -0.25) is 0 Å². The molecule has 0 spiro atoms. The van der Waals surface area contributed by atoms with Crippen molar-refractivity contribution in [2.45, 2.75) is 24.7 Å². The molecule has 0 aromatic rings. The van der Waals surface area contributed by atoms with E-state index in [1.807, 2.05) is 0 Å². The minimum absolute atomic E-state index is 0.723. The highest BCUT2D eigenvalue weighted by Crippen LogP contribution is 2.36. The number of methoxy groups -OCH3 is 1. The first-order valence-electron chi connectivity index (χ1n) is 3.88. The summed E-state index contributed by atoms with van der Waals surface area (Å²) in [6, 6.07) is 0. The van der Waals surface area contributed by atoms with E-state index in [1.165, 1.54) is 0 Å². The monoisotopic (exact) mass is 250 g/mol. The van der Waals surface area contributed by atoms with Crippen LogP contribution in [0.15, 0.2) is 12.2 Å². The largest absolute Gasteiger partial charge is 0.466 e. The number of ether oxygens (including phenoxy) is 1. The number of esters is 1. The van der Waals surface area contributed by atoms with Crippen LogP contribution in [-0.2, 0) is 9.53 Å². The van der Waals surface area contributed by atoms with Crippen LogP contribution in [0.1, 0.15) is 6.42 Å². The molecule has 0 aromatic carbocycles. The van der Waals surface area contributed by atoms with Gasteiger partial charge < -0.3 is 4.74 Å². The van der Waals surface area contributed by atoms with Gasteiger partial charge in [0.05, 0.1) is 13.5 Å². The minimum atomic E-state index is -5.10. The van der Waals surface area contributed by atoms with E-state index in [9.17, 15) is 31.1 Å². The number of alkyl halides is 6. The molecule has 0 amide bonds. The molecule has 0 fully saturated rings. The molecular formula is C8H8F6O2. The van der Waals surface area contributed by atoms with Crippen LogP contribution in [0.4, 0.5) is 26.3 Å². The number of rotatable bonds is 4. The Kier molecular flexibility index (Phi) is 4.39. The van der Waals surface area contributed by atoms with E-state index >= 15 is 0 Å². The lowest BCUT2D eigenvalue weighted by Crippen LogP contribution is -2.38. The van der Waals surface area contributed by atoms with Crippen molar-refractivity contribution in [2.75, 3.05) is 7.11 Å². The van der Waals surface area contributed by atoms with Crippen molar-refractivity contribution in [3.05, 3.63) is 12.2 Å². The number of hydrogen-bond acceptors (Lipinski definition) is 2. The number of hydrogen-bond donors (Lipinski definition) is 0. The lowest BCUT2D eigenvalue weighted by Gasteiger charge is -2.22. The lowest BCUT2D eigenvalue weighted by atomic mass is 10.0. The van der Waals surface area contributed by atoms with E-state index in [1.54, 1.807) is 0 Å². The summed E-state index contributed by atoms with van der Waals surface area (Å²) >= 11 is 0. The molecule has 0 bridgehead atoms. The van der Waals surface area contributed by atoms with Gasteiger partial charge >= 0.3 is 18.1 Å². The molecule has 2 nitrogen and oxygen atoms in total. The Bertz CT molecular complexity index is 283. The van der Waals surface area contributed by atoms with Crippen molar-refractivity contribution in [2.24, 2.45) is 0 Å². The van der Waals surface area contributed by atoms with Crippen LogP contribution in [0.25, 0.3) is 0 Å². The van der Waals surface area contributed by atoms with Gasteiger partial charge in [0.1, 0.15) is 5.57 Å². The van der Waals surface area contributed by atoms with Crippen molar-refractivity contribution in [3.63, 3.8) is 0 Å². The van der Waals surface area contributed by atoms with Gasteiger partial charge in [0.2, 0.25) is 0 Å². The highest BCUT2D eigenvalue weighted by molar-refractivity contribution is 5.89. The summed E-state index contributed by atoms with van der Waals surface area (Å²) in [4.78, 5) is 10.6. The van der Waals surface area contributed by atoms with E-state index in [0.29, 0.717) is 0 Å². The first-order chi connectivity index (χ1) is 7.02. The van der Waals surface area contributed by atoms with Gasteiger partial charge in [0.25, 0.3) is 0 Å². The van der Waals surface area contributed by atoms with Crippen molar-refractivity contribution in [3.8, 4) is 0 Å². The van der Waals surface area contributed by atoms with Crippen molar-refractivity contribution < 1.29 is 35.9 Å². The molecule has 0 aliphatic rings. The standard InChI is InChI=1S/C8H8F6O2/c1-4(6(15)16-2)8(13,14)5(9)3-7(10,11)12/h5H,1,3H2,2H3. The maximum atomic E-state index is 12.9. The van der Waals surface area contributed by atoms with E-state index in [-0.39, 0.29) is 0 Å². The molecule has 0 saturated heterocycles. The summed E-state index contributed by atoms with van der Waals surface area (Å²) in [5, 5.41) is 0. The lowest BCUT2D eigenvalue weighted by molar-refractivity contribution is -0.173. The Morgan fingerprint density at radius 1 is 1.31 bits per heavy atom. The highest BCUT2D eigenvalue weighted by Gasteiger charge is 2.50. The second-order valence-electron chi connectivity index (χ2n) is 2.88. The van der Waals surface area contributed by atoms with Gasteiger partial charge in [-0.25, -0.2) is 9.18 Å².